The zero-order valence-corrected chi connectivity index (χ0v) is 16.5. The van der Waals surface area contributed by atoms with Gasteiger partial charge in [-0.05, 0) is 43.9 Å². The Morgan fingerprint density at radius 3 is 2.72 bits per heavy atom. The van der Waals surface area contributed by atoms with Crippen molar-refractivity contribution >= 4 is 30.7 Å². The van der Waals surface area contributed by atoms with Gasteiger partial charge >= 0.3 is 0 Å². The molecular weight excluding hydrogens is 359 g/mol. The number of nitrogens with two attached hydrogens (primary N) is 1. The van der Waals surface area contributed by atoms with Gasteiger partial charge in [0.15, 0.2) is 0 Å². The molecule has 2 saturated carbocycles. The highest BCUT2D eigenvalue weighted by Crippen LogP contribution is 2.48. The number of carbonyl (C=O) groups is 1. The van der Waals surface area contributed by atoms with E-state index < -0.39 is 0 Å². The quantitative estimate of drug-likeness (QED) is 0.865. The third kappa shape index (κ3) is 3.56. The molecule has 0 spiro atoms. The van der Waals surface area contributed by atoms with Gasteiger partial charge in [-0.25, -0.2) is 4.98 Å². The molecule has 1 aromatic heterocycles. The number of fused-ring (bicyclic) bond motifs is 2. The fourth-order valence-electron chi connectivity index (χ4n) is 5.25. The second-order valence-corrected chi connectivity index (χ2v) is 7.62. The number of likely N-dealkylation sites (tertiary alicyclic amines) is 1. The maximum atomic E-state index is 13.1. The first-order chi connectivity index (χ1) is 11.2. The van der Waals surface area contributed by atoms with E-state index in [4.69, 9.17) is 5.73 Å². The minimum atomic E-state index is 0. The number of halogens is 2. The van der Waals surface area contributed by atoms with E-state index in [0.717, 1.165) is 38.2 Å². The van der Waals surface area contributed by atoms with Crippen LogP contribution in [0.25, 0.3) is 0 Å². The number of carbonyl (C=O) groups excluding carboxylic acids is 1. The second kappa shape index (κ2) is 8.28. The van der Waals surface area contributed by atoms with Gasteiger partial charge in [-0.3, -0.25) is 4.79 Å². The summed E-state index contributed by atoms with van der Waals surface area (Å²) in [5.41, 5.74) is 6.38. The molecule has 3 aliphatic rings. The van der Waals surface area contributed by atoms with E-state index in [1.54, 1.807) is 0 Å². The number of aromatic nitrogens is 2. The summed E-state index contributed by atoms with van der Waals surface area (Å²) in [4.78, 5) is 19.6. The van der Waals surface area contributed by atoms with E-state index in [2.05, 4.69) is 27.6 Å². The van der Waals surface area contributed by atoms with Crippen molar-refractivity contribution in [2.45, 2.75) is 57.5 Å². The highest BCUT2D eigenvalue weighted by Gasteiger charge is 2.50. The third-order valence-electron chi connectivity index (χ3n) is 6.43. The van der Waals surface area contributed by atoms with E-state index in [1.807, 2.05) is 6.20 Å². The summed E-state index contributed by atoms with van der Waals surface area (Å²) in [6.07, 6.45) is 10.7. The molecular formula is C18H30Cl2N4O. The lowest BCUT2D eigenvalue weighted by atomic mass is 9.83. The van der Waals surface area contributed by atoms with Crippen LogP contribution in [0.2, 0.25) is 0 Å². The smallest absolute Gasteiger partial charge is 0.227 e. The summed E-state index contributed by atoms with van der Waals surface area (Å²) in [7, 11) is 0. The molecule has 142 valence electrons. The minimum absolute atomic E-state index is 0. The molecule has 2 heterocycles. The summed E-state index contributed by atoms with van der Waals surface area (Å²) >= 11 is 0. The molecule has 1 amide bonds. The highest BCUT2D eigenvalue weighted by atomic mass is 35.5. The van der Waals surface area contributed by atoms with Crippen LogP contribution in [0.15, 0.2) is 12.4 Å². The molecule has 5 nitrogen and oxygen atoms in total. The first-order valence-corrected chi connectivity index (χ1v) is 9.25. The number of piperidine rings is 1. The molecule has 5 atom stereocenters. The number of aryl methyl sites for hydroxylation is 1. The van der Waals surface area contributed by atoms with Gasteiger partial charge in [0.05, 0.1) is 12.0 Å². The van der Waals surface area contributed by atoms with Crippen molar-refractivity contribution in [2.24, 2.45) is 23.5 Å². The molecule has 2 bridgehead atoms. The fourth-order valence-corrected chi connectivity index (χ4v) is 5.25. The first-order valence-electron chi connectivity index (χ1n) is 9.25. The van der Waals surface area contributed by atoms with Crippen molar-refractivity contribution in [1.29, 1.82) is 0 Å². The van der Waals surface area contributed by atoms with Gasteiger partial charge in [0.2, 0.25) is 5.91 Å². The number of imidazole rings is 1. The van der Waals surface area contributed by atoms with Crippen LogP contribution in [0.4, 0.5) is 0 Å². The Bertz CT molecular complexity index is 591. The van der Waals surface area contributed by atoms with Crippen LogP contribution in [0.3, 0.4) is 0 Å². The summed E-state index contributed by atoms with van der Waals surface area (Å²) in [5.74, 6) is 2.67. The van der Waals surface area contributed by atoms with E-state index >= 15 is 0 Å². The largest absolute Gasteiger partial charge is 0.340 e. The number of hydrogen-bond donors (Lipinski definition) is 1. The van der Waals surface area contributed by atoms with Crippen LogP contribution in [0, 0.1) is 17.8 Å². The van der Waals surface area contributed by atoms with Crippen LogP contribution in [0.1, 0.15) is 50.9 Å². The van der Waals surface area contributed by atoms with Crippen LogP contribution in [0.5, 0.6) is 0 Å². The Hall–Kier alpha value is -0.780. The summed E-state index contributed by atoms with van der Waals surface area (Å²) in [6, 6.07) is 0.473. The molecule has 1 aromatic rings. The van der Waals surface area contributed by atoms with Gasteiger partial charge < -0.3 is 15.2 Å². The predicted molar refractivity (Wildman–Crippen MR) is 103 cm³/mol. The molecule has 25 heavy (non-hydrogen) atoms. The Balaban J connectivity index is 0.00000113. The van der Waals surface area contributed by atoms with E-state index in [9.17, 15) is 4.79 Å². The standard InChI is InChI=1S/C18H28N4O.2ClH/c1-2-15-20-7-9-22(15)14-4-3-8-21(11-14)18(23)16-12-5-6-13(10-12)17(16)19;;/h7,9,12-14,16-17H,2-6,8,10-11,19H2,1H3;2*1H. The summed E-state index contributed by atoms with van der Waals surface area (Å²) < 4.78 is 2.28. The predicted octanol–water partition coefficient (Wildman–Crippen LogP) is 2.83. The van der Waals surface area contributed by atoms with Gasteiger partial charge in [0.25, 0.3) is 0 Å². The Labute approximate surface area is 162 Å². The summed E-state index contributed by atoms with van der Waals surface area (Å²) in [6.45, 7) is 3.85. The molecule has 0 radical (unpaired) electrons. The molecule has 2 aliphatic carbocycles. The number of rotatable bonds is 3. The monoisotopic (exact) mass is 388 g/mol. The lowest BCUT2D eigenvalue weighted by Gasteiger charge is -2.38. The average molecular weight is 389 g/mol. The van der Waals surface area contributed by atoms with Gasteiger partial charge in [-0.15, -0.1) is 24.8 Å². The second-order valence-electron chi connectivity index (χ2n) is 7.62. The van der Waals surface area contributed by atoms with E-state index in [-0.39, 0.29) is 36.8 Å². The highest BCUT2D eigenvalue weighted by molar-refractivity contribution is 5.85. The maximum absolute atomic E-state index is 13.1. The third-order valence-corrected chi connectivity index (χ3v) is 6.43. The fraction of sp³-hybridized carbons (Fsp3) is 0.778. The zero-order valence-electron chi connectivity index (χ0n) is 14.8. The van der Waals surface area contributed by atoms with Crippen molar-refractivity contribution < 1.29 is 4.79 Å². The summed E-state index contributed by atoms with van der Waals surface area (Å²) in [5, 5.41) is 0. The molecule has 4 rings (SSSR count). The SMILES string of the molecule is CCc1nccn1C1CCCN(C(=O)C2C3CCC(C3)C2N)C1.Cl.Cl. The maximum Gasteiger partial charge on any atom is 0.227 e. The molecule has 1 saturated heterocycles. The molecule has 3 fully saturated rings. The Kier molecular flexibility index (Phi) is 6.80. The lowest BCUT2D eigenvalue weighted by Crippen LogP contribution is -2.50. The average Bonchev–Trinajstić information content (AvgIpc) is 3.29. The van der Waals surface area contributed by atoms with Crippen LogP contribution >= 0.6 is 24.8 Å². The van der Waals surface area contributed by atoms with Crippen molar-refractivity contribution in [2.75, 3.05) is 13.1 Å². The molecule has 0 aromatic carbocycles. The number of hydrogen-bond acceptors (Lipinski definition) is 3. The number of amides is 1. The van der Waals surface area contributed by atoms with Crippen molar-refractivity contribution in [3.8, 4) is 0 Å². The van der Waals surface area contributed by atoms with Crippen molar-refractivity contribution in [3.63, 3.8) is 0 Å². The van der Waals surface area contributed by atoms with Gasteiger partial charge in [0, 0.05) is 37.9 Å². The van der Waals surface area contributed by atoms with Gasteiger partial charge in [0.1, 0.15) is 5.82 Å². The minimum Gasteiger partial charge on any atom is -0.340 e. The van der Waals surface area contributed by atoms with E-state index in [0.29, 0.717) is 23.8 Å². The van der Waals surface area contributed by atoms with Crippen LogP contribution in [-0.4, -0.2) is 39.5 Å². The molecule has 7 heteroatoms. The zero-order chi connectivity index (χ0) is 16.0. The van der Waals surface area contributed by atoms with Gasteiger partial charge in [-0.2, -0.15) is 0 Å². The molecule has 1 aliphatic heterocycles. The van der Waals surface area contributed by atoms with E-state index in [1.165, 1.54) is 19.3 Å². The lowest BCUT2D eigenvalue weighted by molar-refractivity contribution is -0.139. The normalized spacial score (nSPS) is 33.7. The Morgan fingerprint density at radius 2 is 2.04 bits per heavy atom. The van der Waals surface area contributed by atoms with Crippen molar-refractivity contribution in [1.82, 2.24) is 14.5 Å². The number of nitrogens with zero attached hydrogens (tertiary/aromatic N) is 3. The molecule has 5 unspecified atom stereocenters. The van der Waals surface area contributed by atoms with Gasteiger partial charge in [-0.1, -0.05) is 6.92 Å². The topological polar surface area (TPSA) is 64.2 Å². The van der Waals surface area contributed by atoms with Crippen LogP contribution < -0.4 is 5.73 Å². The Morgan fingerprint density at radius 1 is 1.28 bits per heavy atom. The van der Waals surface area contributed by atoms with Crippen molar-refractivity contribution in [3.05, 3.63) is 18.2 Å². The molecule has 2 N–H and O–H groups in total. The first kappa shape index (κ1) is 20.5. The van der Waals surface area contributed by atoms with Crippen LogP contribution in [-0.2, 0) is 11.2 Å².